The monoisotopic (exact) mass is 270 g/mol. The van der Waals surface area contributed by atoms with Gasteiger partial charge in [-0.05, 0) is 30.5 Å². The molecule has 3 N–H and O–H groups in total. The zero-order valence-electron chi connectivity index (χ0n) is 10.3. The molecule has 1 fully saturated rings. The lowest BCUT2D eigenvalue weighted by molar-refractivity contribution is 0.452. The lowest BCUT2D eigenvalue weighted by Crippen LogP contribution is -2.28. The van der Waals surface area contributed by atoms with E-state index in [1.807, 2.05) is 0 Å². The Hall–Kier alpha value is -1.27. The molecule has 6 heteroatoms. The van der Waals surface area contributed by atoms with Crippen LogP contribution in [0.15, 0.2) is 23.1 Å². The molecule has 1 aromatic carbocycles. The number of benzene rings is 1. The summed E-state index contributed by atoms with van der Waals surface area (Å²) in [6.45, 7) is 3.20. The van der Waals surface area contributed by atoms with Crippen LogP contribution in [0.25, 0.3) is 0 Å². The molecule has 5 nitrogen and oxygen atoms in total. The molecule has 1 unspecified atom stereocenters. The van der Waals surface area contributed by atoms with Gasteiger partial charge in [-0.25, -0.2) is 8.42 Å². The Kier molecular flexibility index (Phi) is 3.49. The minimum Gasteiger partial charge on any atom is -0.506 e. The molecule has 1 heterocycles. The normalized spacial score (nSPS) is 21.3. The van der Waals surface area contributed by atoms with Gasteiger partial charge in [0.2, 0.25) is 10.0 Å². The number of sulfonamides is 1. The number of phenolic OH excluding ortho intramolecular Hbond substituents is 1. The predicted molar refractivity (Wildman–Crippen MR) is 69.7 cm³/mol. The fraction of sp³-hybridized carbons (Fsp3) is 0.500. The van der Waals surface area contributed by atoms with Crippen LogP contribution in [0.1, 0.15) is 19.8 Å². The van der Waals surface area contributed by atoms with E-state index in [0.717, 1.165) is 12.8 Å². The van der Waals surface area contributed by atoms with Crippen LogP contribution in [0.4, 0.5) is 5.69 Å². The highest BCUT2D eigenvalue weighted by molar-refractivity contribution is 7.89. The van der Waals surface area contributed by atoms with Crippen LogP contribution in [-0.2, 0) is 10.0 Å². The molecule has 0 aromatic heterocycles. The van der Waals surface area contributed by atoms with Crippen molar-refractivity contribution in [1.82, 2.24) is 4.31 Å². The van der Waals surface area contributed by atoms with E-state index in [-0.39, 0.29) is 16.3 Å². The quantitative estimate of drug-likeness (QED) is 0.642. The number of nitrogens with zero attached hydrogens (tertiary/aromatic N) is 1. The van der Waals surface area contributed by atoms with Gasteiger partial charge in [0, 0.05) is 13.1 Å². The van der Waals surface area contributed by atoms with E-state index in [4.69, 9.17) is 5.73 Å². The summed E-state index contributed by atoms with van der Waals surface area (Å²) in [7, 11) is -3.48. The predicted octanol–water partition coefficient (Wildman–Crippen LogP) is 1.40. The van der Waals surface area contributed by atoms with Gasteiger partial charge in [-0.3, -0.25) is 0 Å². The lowest BCUT2D eigenvalue weighted by atomic mass is 10.1. The molecule has 1 saturated heterocycles. The van der Waals surface area contributed by atoms with E-state index in [9.17, 15) is 13.5 Å². The summed E-state index contributed by atoms with van der Waals surface area (Å²) in [6, 6.07) is 4.01. The van der Waals surface area contributed by atoms with Crippen LogP contribution in [0.5, 0.6) is 5.75 Å². The summed E-state index contributed by atoms with van der Waals surface area (Å²) in [5, 5.41) is 9.32. The van der Waals surface area contributed by atoms with Crippen molar-refractivity contribution in [2.24, 2.45) is 5.92 Å². The van der Waals surface area contributed by atoms with Crippen molar-refractivity contribution >= 4 is 15.7 Å². The third kappa shape index (κ3) is 2.30. The molecule has 1 aromatic rings. The van der Waals surface area contributed by atoms with Crippen molar-refractivity contribution in [2.75, 3.05) is 18.8 Å². The second kappa shape index (κ2) is 4.78. The molecule has 0 bridgehead atoms. The zero-order valence-corrected chi connectivity index (χ0v) is 11.2. The van der Waals surface area contributed by atoms with Crippen molar-refractivity contribution in [1.29, 1.82) is 0 Å². The van der Waals surface area contributed by atoms with Crippen molar-refractivity contribution < 1.29 is 13.5 Å². The molecule has 100 valence electrons. The second-order valence-electron chi connectivity index (χ2n) is 4.65. The van der Waals surface area contributed by atoms with Crippen molar-refractivity contribution in [2.45, 2.75) is 24.7 Å². The average molecular weight is 270 g/mol. The molecular formula is C12H18N2O3S. The molecule has 0 spiro atoms. The smallest absolute Gasteiger partial charge is 0.243 e. The maximum absolute atomic E-state index is 12.3. The van der Waals surface area contributed by atoms with E-state index in [1.54, 1.807) is 0 Å². The molecule has 1 aliphatic rings. The summed E-state index contributed by atoms with van der Waals surface area (Å²) in [6.07, 6.45) is 1.90. The van der Waals surface area contributed by atoms with Crippen LogP contribution in [0, 0.1) is 5.92 Å². The van der Waals surface area contributed by atoms with E-state index in [0.29, 0.717) is 19.0 Å². The minimum atomic E-state index is -3.48. The summed E-state index contributed by atoms with van der Waals surface area (Å²) in [5.41, 5.74) is 5.62. The van der Waals surface area contributed by atoms with Crippen LogP contribution in [-0.4, -0.2) is 30.9 Å². The van der Waals surface area contributed by atoms with Crippen LogP contribution in [0.2, 0.25) is 0 Å². The van der Waals surface area contributed by atoms with Gasteiger partial charge < -0.3 is 10.8 Å². The van der Waals surface area contributed by atoms with E-state index in [2.05, 4.69) is 6.92 Å². The van der Waals surface area contributed by atoms with E-state index >= 15 is 0 Å². The number of hydrogen-bond acceptors (Lipinski definition) is 4. The average Bonchev–Trinajstić information content (AvgIpc) is 2.81. The Balaban J connectivity index is 2.28. The number of aromatic hydroxyl groups is 1. The maximum atomic E-state index is 12.3. The van der Waals surface area contributed by atoms with Crippen molar-refractivity contribution in [3.8, 4) is 5.75 Å². The van der Waals surface area contributed by atoms with Gasteiger partial charge in [0.05, 0.1) is 10.6 Å². The van der Waals surface area contributed by atoms with Gasteiger partial charge in [0.15, 0.2) is 0 Å². The Labute approximate surface area is 107 Å². The topological polar surface area (TPSA) is 83.6 Å². The Morgan fingerprint density at radius 2 is 2.22 bits per heavy atom. The summed E-state index contributed by atoms with van der Waals surface area (Å²) < 4.78 is 26.2. The van der Waals surface area contributed by atoms with Crippen LogP contribution >= 0.6 is 0 Å². The fourth-order valence-corrected chi connectivity index (χ4v) is 3.76. The number of rotatable bonds is 3. The molecule has 1 aliphatic heterocycles. The van der Waals surface area contributed by atoms with Gasteiger partial charge in [-0.1, -0.05) is 13.3 Å². The first-order chi connectivity index (χ1) is 8.45. The summed E-state index contributed by atoms with van der Waals surface area (Å²) in [4.78, 5) is 0.148. The SMILES string of the molecule is CCC1CCN(S(=O)(=O)c2ccc(O)c(N)c2)C1. The minimum absolute atomic E-state index is 0.0855. The number of nitrogens with two attached hydrogens (primary N) is 1. The fourth-order valence-electron chi connectivity index (χ4n) is 2.19. The van der Waals surface area contributed by atoms with E-state index in [1.165, 1.54) is 22.5 Å². The molecule has 0 radical (unpaired) electrons. The largest absolute Gasteiger partial charge is 0.506 e. The molecule has 0 aliphatic carbocycles. The number of phenols is 1. The molecular weight excluding hydrogens is 252 g/mol. The number of anilines is 1. The van der Waals surface area contributed by atoms with Crippen LogP contribution < -0.4 is 5.73 Å². The van der Waals surface area contributed by atoms with Crippen molar-refractivity contribution in [3.63, 3.8) is 0 Å². The van der Waals surface area contributed by atoms with Gasteiger partial charge in [-0.15, -0.1) is 0 Å². The van der Waals surface area contributed by atoms with Crippen molar-refractivity contribution in [3.05, 3.63) is 18.2 Å². The van der Waals surface area contributed by atoms with Gasteiger partial charge in [0.25, 0.3) is 0 Å². The zero-order chi connectivity index (χ0) is 13.3. The Morgan fingerprint density at radius 3 is 2.78 bits per heavy atom. The molecule has 0 amide bonds. The Bertz CT molecular complexity index is 542. The first-order valence-electron chi connectivity index (χ1n) is 6.03. The maximum Gasteiger partial charge on any atom is 0.243 e. The summed E-state index contributed by atoms with van der Waals surface area (Å²) in [5.74, 6) is 0.344. The molecule has 0 saturated carbocycles. The first kappa shape index (κ1) is 13.2. The van der Waals surface area contributed by atoms with Gasteiger partial charge in [0.1, 0.15) is 5.75 Å². The highest BCUT2D eigenvalue weighted by atomic mass is 32.2. The van der Waals surface area contributed by atoms with E-state index < -0.39 is 10.0 Å². The van der Waals surface area contributed by atoms with Crippen LogP contribution in [0.3, 0.4) is 0 Å². The first-order valence-corrected chi connectivity index (χ1v) is 7.47. The summed E-state index contributed by atoms with van der Waals surface area (Å²) >= 11 is 0. The third-order valence-electron chi connectivity index (χ3n) is 3.46. The standard InChI is InChI=1S/C12H18N2O3S/c1-2-9-5-6-14(8-9)18(16,17)10-3-4-12(15)11(13)7-10/h3-4,7,9,15H,2,5-6,8,13H2,1H3. The number of hydrogen-bond donors (Lipinski definition) is 2. The van der Waals surface area contributed by atoms with Gasteiger partial charge in [-0.2, -0.15) is 4.31 Å². The highest BCUT2D eigenvalue weighted by Crippen LogP contribution is 2.29. The highest BCUT2D eigenvalue weighted by Gasteiger charge is 2.31. The number of nitrogen functional groups attached to an aromatic ring is 1. The Morgan fingerprint density at radius 1 is 1.50 bits per heavy atom. The molecule has 18 heavy (non-hydrogen) atoms. The second-order valence-corrected chi connectivity index (χ2v) is 6.58. The van der Waals surface area contributed by atoms with Gasteiger partial charge >= 0.3 is 0 Å². The molecule has 2 rings (SSSR count). The molecule has 1 atom stereocenters. The third-order valence-corrected chi connectivity index (χ3v) is 5.32. The lowest BCUT2D eigenvalue weighted by Gasteiger charge is -2.16.